The Morgan fingerprint density at radius 3 is 2.52 bits per heavy atom. The van der Waals surface area contributed by atoms with E-state index in [0.29, 0.717) is 24.1 Å². The van der Waals surface area contributed by atoms with Crippen molar-refractivity contribution in [2.45, 2.75) is 45.4 Å². The van der Waals surface area contributed by atoms with Gasteiger partial charge in [0.15, 0.2) is 11.5 Å². The van der Waals surface area contributed by atoms with Gasteiger partial charge in [-0.15, -0.1) is 0 Å². The standard InChI is InChI=1S/C21H36N2O4/c1-5-23(6-2)15-19(24)16-27-21-13-17(7-8-20(21)25-4)14-22(3)18-9-11-26-12-10-18/h7-8,13,18-19,24H,5-6,9-12,14-16H2,1-4H3/t19-/m1/s1. The van der Waals surface area contributed by atoms with Crippen molar-refractivity contribution in [2.24, 2.45) is 0 Å². The van der Waals surface area contributed by atoms with E-state index in [1.54, 1.807) is 7.11 Å². The fourth-order valence-electron chi connectivity index (χ4n) is 3.49. The fraction of sp³-hybridized carbons (Fsp3) is 0.714. The third kappa shape index (κ3) is 6.96. The topological polar surface area (TPSA) is 54.4 Å². The van der Waals surface area contributed by atoms with E-state index in [4.69, 9.17) is 14.2 Å². The number of rotatable bonds is 11. The number of hydrogen-bond acceptors (Lipinski definition) is 6. The Morgan fingerprint density at radius 2 is 1.89 bits per heavy atom. The highest BCUT2D eigenvalue weighted by molar-refractivity contribution is 5.43. The molecule has 1 heterocycles. The molecule has 0 saturated carbocycles. The van der Waals surface area contributed by atoms with Gasteiger partial charge < -0.3 is 24.2 Å². The van der Waals surface area contributed by atoms with Gasteiger partial charge in [0, 0.05) is 32.3 Å². The molecule has 6 nitrogen and oxygen atoms in total. The Morgan fingerprint density at radius 1 is 1.19 bits per heavy atom. The van der Waals surface area contributed by atoms with Crippen molar-refractivity contribution in [3.63, 3.8) is 0 Å². The van der Waals surface area contributed by atoms with Gasteiger partial charge in [0.1, 0.15) is 12.7 Å². The van der Waals surface area contributed by atoms with E-state index in [0.717, 1.165) is 45.7 Å². The van der Waals surface area contributed by atoms with Gasteiger partial charge in [-0.3, -0.25) is 4.90 Å². The second-order valence-corrected chi connectivity index (χ2v) is 7.19. The maximum Gasteiger partial charge on any atom is 0.161 e. The summed E-state index contributed by atoms with van der Waals surface area (Å²) in [7, 11) is 3.80. The lowest BCUT2D eigenvalue weighted by Gasteiger charge is -2.31. The summed E-state index contributed by atoms with van der Waals surface area (Å²) in [5.74, 6) is 1.39. The van der Waals surface area contributed by atoms with Crippen LogP contribution in [0.5, 0.6) is 11.5 Å². The summed E-state index contributed by atoms with van der Waals surface area (Å²) in [6.45, 7) is 9.44. The third-order valence-corrected chi connectivity index (χ3v) is 5.27. The first-order valence-corrected chi connectivity index (χ1v) is 10.0. The Hall–Kier alpha value is -1.34. The van der Waals surface area contributed by atoms with Crippen molar-refractivity contribution in [3.05, 3.63) is 23.8 Å². The Bertz CT molecular complexity index is 545. The molecular formula is C21H36N2O4. The molecule has 1 fully saturated rings. The number of aliphatic hydroxyl groups is 1. The molecular weight excluding hydrogens is 344 g/mol. The zero-order chi connectivity index (χ0) is 19.6. The van der Waals surface area contributed by atoms with Crippen molar-refractivity contribution < 1.29 is 19.3 Å². The van der Waals surface area contributed by atoms with Gasteiger partial charge in [-0.2, -0.15) is 0 Å². The number of ether oxygens (including phenoxy) is 3. The molecule has 1 aliphatic rings. The summed E-state index contributed by atoms with van der Waals surface area (Å²) in [6.07, 6.45) is 1.63. The molecule has 27 heavy (non-hydrogen) atoms. The highest BCUT2D eigenvalue weighted by Gasteiger charge is 2.19. The molecule has 0 bridgehead atoms. The van der Waals surface area contributed by atoms with Crippen molar-refractivity contribution in [3.8, 4) is 11.5 Å². The second kappa shape index (κ2) is 11.5. The van der Waals surface area contributed by atoms with Crippen LogP contribution in [-0.2, 0) is 11.3 Å². The highest BCUT2D eigenvalue weighted by Crippen LogP contribution is 2.29. The van der Waals surface area contributed by atoms with Crippen LogP contribution in [0.2, 0.25) is 0 Å². The average molecular weight is 381 g/mol. The molecule has 6 heteroatoms. The monoisotopic (exact) mass is 380 g/mol. The molecule has 154 valence electrons. The van der Waals surface area contributed by atoms with E-state index < -0.39 is 6.10 Å². The van der Waals surface area contributed by atoms with Crippen LogP contribution >= 0.6 is 0 Å². The maximum absolute atomic E-state index is 10.3. The number of hydrogen-bond donors (Lipinski definition) is 1. The van der Waals surface area contributed by atoms with Gasteiger partial charge in [-0.25, -0.2) is 0 Å². The molecule has 2 rings (SSSR count). The molecule has 0 aliphatic carbocycles. The van der Waals surface area contributed by atoms with E-state index in [2.05, 4.69) is 36.8 Å². The Labute approximate surface area is 164 Å². The van der Waals surface area contributed by atoms with Crippen LogP contribution in [0.1, 0.15) is 32.3 Å². The predicted molar refractivity (Wildman–Crippen MR) is 108 cm³/mol. The van der Waals surface area contributed by atoms with E-state index in [1.165, 1.54) is 5.56 Å². The summed E-state index contributed by atoms with van der Waals surface area (Å²) in [4.78, 5) is 4.56. The molecule has 0 aromatic heterocycles. The van der Waals surface area contributed by atoms with E-state index >= 15 is 0 Å². The molecule has 0 spiro atoms. The number of nitrogens with zero attached hydrogens (tertiary/aromatic N) is 2. The predicted octanol–water partition coefficient (Wildman–Crippen LogP) is 2.39. The van der Waals surface area contributed by atoms with Gasteiger partial charge >= 0.3 is 0 Å². The fourth-order valence-corrected chi connectivity index (χ4v) is 3.49. The van der Waals surface area contributed by atoms with Crippen molar-refractivity contribution in [2.75, 3.05) is 53.6 Å². The van der Waals surface area contributed by atoms with Gasteiger partial charge in [-0.1, -0.05) is 19.9 Å². The van der Waals surface area contributed by atoms with Crippen molar-refractivity contribution in [1.29, 1.82) is 0 Å². The van der Waals surface area contributed by atoms with Gasteiger partial charge in [-0.05, 0) is 50.7 Å². The molecule has 1 aromatic rings. The first-order chi connectivity index (χ1) is 13.1. The number of likely N-dealkylation sites (N-methyl/N-ethyl adjacent to an activating group) is 1. The number of aliphatic hydroxyl groups excluding tert-OH is 1. The number of methoxy groups -OCH3 is 1. The van der Waals surface area contributed by atoms with E-state index in [-0.39, 0.29) is 6.61 Å². The molecule has 0 unspecified atom stereocenters. The first-order valence-electron chi connectivity index (χ1n) is 10.0. The quantitative estimate of drug-likeness (QED) is 0.636. The summed E-state index contributed by atoms with van der Waals surface area (Å²) in [5, 5.41) is 10.3. The van der Waals surface area contributed by atoms with Crippen LogP contribution in [0.4, 0.5) is 0 Å². The summed E-state index contributed by atoms with van der Waals surface area (Å²) >= 11 is 0. The summed E-state index contributed by atoms with van der Waals surface area (Å²) in [6, 6.07) is 6.60. The van der Waals surface area contributed by atoms with Crippen LogP contribution in [0.15, 0.2) is 18.2 Å². The highest BCUT2D eigenvalue weighted by atomic mass is 16.5. The third-order valence-electron chi connectivity index (χ3n) is 5.27. The zero-order valence-electron chi connectivity index (χ0n) is 17.3. The molecule has 0 amide bonds. The van der Waals surface area contributed by atoms with Crippen LogP contribution < -0.4 is 9.47 Å². The lowest BCUT2D eigenvalue weighted by Crippen LogP contribution is -2.36. The minimum atomic E-state index is -0.525. The molecule has 1 saturated heterocycles. The lowest BCUT2D eigenvalue weighted by molar-refractivity contribution is 0.0406. The number of benzene rings is 1. The molecule has 1 aliphatic heterocycles. The second-order valence-electron chi connectivity index (χ2n) is 7.19. The SMILES string of the molecule is CCN(CC)C[C@@H](O)COc1cc(CN(C)C2CCOCC2)ccc1OC. The minimum Gasteiger partial charge on any atom is -0.493 e. The zero-order valence-corrected chi connectivity index (χ0v) is 17.3. The molecule has 0 radical (unpaired) electrons. The Kier molecular flexibility index (Phi) is 9.34. The van der Waals surface area contributed by atoms with Gasteiger partial charge in [0.2, 0.25) is 0 Å². The molecule has 1 atom stereocenters. The lowest BCUT2D eigenvalue weighted by atomic mass is 10.1. The molecule has 1 N–H and O–H groups in total. The van der Waals surface area contributed by atoms with Gasteiger partial charge in [0.25, 0.3) is 0 Å². The van der Waals surface area contributed by atoms with E-state index in [1.807, 2.05) is 12.1 Å². The Balaban J connectivity index is 1.95. The van der Waals surface area contributed by atoms with Crippen LogP contribution in [0, 0.1) is 0 Å². The smallest absolute Gasteiger partial charge is 0.161 e. The van der Waals surface area contributed by atoms with Gasteiger partial charge in [0.05, 0.1) is 7.11 Å². The maximum atomic E-state index is 10.3. The van der Waals surface area contributed by atoms with E-state index in [9.17, 15) is 5.11 Å². The first kappa shape index (κ1) is 22.0. The van der Waals surface area contributed by atoms with Crippen LogP contribution in [0.25, 0.3) is 0 Å². The molecule has 1 aromatic carbocycles. The van der Waals surface area contributed by atoms with Crippen molar-refractivity contribution in [1.82, 2.24) is 9.80 Å². The minimum absolute atomic E-state index is 0.256. The largest absolute Gasteiger partial charge is 0.493 e. The summed E-state index contributed by atoms with van der Waals surface area (Å²) in [5.41, 5.74) is 1.18. The summed E-state index contributed by atoms with van der Waals surface area (Å²) < 4.78 is 16.8. The van der Waals surface area contributed by atoms with Crippen LogP contribution in [-0.4, -0.2) is 80.7 Å². The average Bonchev–Trinajstić information content (AvgIpc) is 2.71. The normalized spacial score (nSPS) is 16.7. The van der Waals surface area contributed by atoms with Crippen molar-refractivity contribution >= 4 is 0 Å². The van der Waals surface area contributed by atoms with Crippen LogP contribution in [0.3, 0.4) is 0 Å².